The number of hydrogen-bond donors (Lipinski definition) is 1. The van der Waals surface area contributed by atoms with Gasteiger partial charge in [0.1, 0.15) is 5.76 Å². The molecule has 1 aromatic carbocycles. The molecule has 0 radical (unpaired) electrons. The zero-order chi connectivity index (χ0) is 15.5. The first-order valence-electron chi connectivity index (χ1n) is 7.72. The average Bonchev–Trinajstić information content (AvgIpc) is 3.04. The molecular formula is C18H21NO3. The Kier molecular flexibility index (Phi) is 4.29. The van der Waals surface area contributed by atoms with E-state index >= 15 is 0 Å². The van der Waals surface area contributed by atoms with E-state index in [9.17, 15) is 9.90 Å². The van der Waals surface area contributed by atoms with Gasteiger partial charge in [-0.15, -0.1) is 0 Å². The van der Waals surface area contributed by atoms with Crippen molar-refractivity contribution in [1.82, 2.24) is 4.90 Å². The van der Waals surface area contributed by atoms with Gasteiger partial charge in [-0.1, -0.05) is 24.3 Å². The molecule has 1 aromatic heterocycles. The highest BCUT2D eigenvalue weighted by Gasteiger charge is 2.32. The summed E-state index contributed by atoms with van der Waals surface area (Å²) in [6.07, 6.45) is 3.34. The van der Waals surface area contributed by atoms with Crippen molar-refractivity contribution in [3.05, 3.63) is 59.5 Å². The normalized spacial score (nSPS) is 20.7. The number of carbonyl (C=O) groups is 1. The quantitative estimate of drug-likeness (QED) is 0.939. The topological polar surface area (TPSA) is 53.7 Å². The van der Waals surface area contributed by atoms with Gasteiger partial charge in [0, 0.05) is 6.54 Å². The number of carboxylic acid groups (broad SMARTS) is 1. The van der Waals surface area contributed by atoms with Gasteiger partial charge in [0.25, 0.3) is 0 Å². The smallest absolute Gasteiger partial charge is 0.307 e. The lowest BCUT2D eigenvalue weighted by atomic mass is 9.92. The third-order valence-electron chi connectivity index (χ3n) is 4.46. The number of aryl methyl sites for hydroxylation is 1. The molecule has 4 nitrogen and oxygen atoms in total. The van der Waals surface area contributed by atoms with Crippen LogP contribution in [0.5, 0.6) is 0 Å². The number of furan rings is 1. The third kappa shape index (κ3) is 2.92. The summed E-state index contributed by atoms with van der Waals surface area (Å²) in [5.41, 5.74) is 2.38. The van der Waals surface area contributed by atoms with Crippen LogP contribution in [0.3, 0.4) is 0 Å². The molecule has 2 unspecified atom stereocenters. The molecule has 0 bridgehead atoms. The molecule has 22 heavy (non-hydrogen) atoms. The first-order chi connectivity index (χ1) is 10.7. The summed E-state index contributed by atoms with van der Waals surface area (Å²) < 4.78 is 5.66. The van der Waals surface area contributed by atoms with Crippen LogP contribution in [0.2, 0.25) is 0 Å². The summed E-state index contributed by atoms with van der Waals surface area (Å²) in [4.78, 5) is 13.6. The molecule has 4 heteroatoms. The minimum atomic E-state index is -0.701. The number of benzene rings is 1. The molecule has 1 aliphatic heterocycles. The Bertz CT molecular complexity index is 636. The molecule has 1 N–H and O–H groups in total. The lowest BCUT2D eigenvalue weighted by molar-refractivity contribution is -0.143. The maximum absolute atomic E-state index is 11.4. The summed E-state index contributed by atoms with van der Waals surface area (Å²) in [5.74, 6) is -0.122. The molecule has 1 fully saturated rings. The molecule has 0 saturated carbocycles. The van der Waals surface area contributed by atoms with E-state index in [1.54, 1.807) is 6.26 Å². The van der Waals surface area contributed by atoms with E-state index in [2.05, 4.69) is 24.0 Å². The lowest BCUT2D eigenvalue weighted by Gasteiger charge is -2.36. The summed E-state index contributed by atoms with van der Waals surface area (Å²) in [6, 6.07) is 12.1. The molecule has 2 atom stereocenters. The number of rotatable bonds is 4. The molecule has 2 aromatic rings. The van der Waals surface area contributed by atoms with Crippen molar-refractivity contribution in [3.8, 4) is 0 Å². The predicted molar refractivity (Wildman–Crippen MR) is 83.7 cm³/mol. The van der Waals surface area contributed by atoms with E-state index < -0.39 is 5.97 Å². The molecule has 2 heterocycles. The van der Waals surface area contributed by atoms with Crippen molar-refractivity contribution < 1.29 is 14.3 Å². The van der Waals surface area contributed by atoms with Gasteiger partial charge < -0.3 is 9.52 Å². The highest BCUT2D eigenvalue weighted by atomic mass is 16.4. The second kappa shape index (κ2) is 6.36. The highest BCUT2D eigenvalue weighted by Crippen LogP contribution is 2.34. The minimum absolute atomic E-state index is 0.0154. The monoisotopic (exact) mass is 299 g/mol. The average molecular weight is 299 g/mol. The van der Waals surface area contributed by atoms with Crippen LogP contribution in [-0.4, -0.2) is 29.1 Å². The van der Waals surface area contributed by atoms with Gasteiger partial charge in [0.15, 0.2) is 0 Å². The van der Waals surface area contributed by atoms with Crippen molar-refractivity contribution in [2.45, 2.75) is 25.8 Å². The van der Waals surface area contributed by atoms with Crippen molar-refractivity contribution in [2.24, 2.45) is 5.92 Å². The van der Waals surface area contributed by atoms with Gasteiger partial charge in [-0.25, -0.2) is 0 Å². The minimum Gasteiger partial charge on any atom is -0.481 e. The van der Waals surface area contributed by atoms with Crippen LogP contribution < -0.4 is 0 Å². The van der Waals surface area contributed by atoms with E-state index in [0.717, 1.165) is 25.1 Å². The zero-order valence-electron chi connectivity index (χ0n) is 12.7. The van der Waals surface area contributed by atoms with Crippen LogP contribution in [0.1, 0.15) is 35.8 Å². The van der Waals surface area contributed by atoms with Gasteiger partial charge in [-0.05, 0) is 49.6 Å². The Balaban J connectivity index is 1.96. The molecule has 0 aliphatic carbocycles. The number of nitrogens with zero attached hydrogens (tertiary/aromatic N) is 1. The van der Waals surface area contributed by atoms with Crippen molar-refractivity contribution in [2.75, 3.05) is 13.1 Å². The fraction of sp³-hybridized carbons (Fsp3) is 0.389. The number of hydrogen-bond acceptors (Lipinski definition) is 3. The Morgan fingerprint density at radius 3 is 2.82 bits per heavy atom. The standard InChI is InChI=1S/C18H21NO3/c1-13-6-2-3-8-15(13)17(16-9-5-11-22-16)19-10-4-7-14(12-19)18(20)21/h2-3,5-6,8-9,11,14,17H,4,7,10,12H2,1H3,(H,20,21). The SMILES string of the molecule is Cc1ccccc1C(c1ccco1)N1CCCC(C(=O)O)C1. The predicted octanol–water partition coefficient (Wildman–Crippen LogP) is 3.47. The van der Waals surface area contributed by atoms with Crippen LogP contribution in [0.15, 0.2) is 47.1 Å². The van der Waals surface area contributed by atoms with Gasteiger partial charge in [-0.2, -0.15) is 0 Å². The summed E-state index contributed by atoms with van der Waals surface area (Å²) >= 11 is 0. The maximum Gasteiger partial charge on any atom is 0.307 e. The molecule has 0 amide bonds. The number of aliphatic carboxylic acids is 1. The van der Waals surface area contributed by atoms with Crippen molar-refractivity contribution >= 4 is 5.97 Å². The van der Waals surface area contributed by atoms with Gasteiger partial charge >= 0.3 is 5.97 Å². The number of carboxylic acids is 1. The lowest BCUT2D eigenvalue weighted by Crippen LogP contribution is -2.41. The first-order valence-corrected chi connectivity index (χ1v) is 7.72. The van der Waals surface area contributed by atoms with Gasteiger partial charge in [0.05, 0.1) is 18.2 Å². The van der Waals surface area contributed by atoms with Crippen LogP contribution in [0, 0.1) is 12.8 Å². The Morgan fingerprint density at radius 1 is 1.32 bits per heavy atom. The second-order valence-corrected chi connectivity index (χ2v) is 5.95. The fourth-order valence-electron chi connectivity index (χ4n) is 3.31. The Hall–Kier alpha value is -2.07. The highest BCUT2D eigenvalue weighted by molar-refractivity contribution is 5.70. The number of likely N-dealkylation sites (tertiary alicyclic amines) is 1. The Morgan fingerprint density at radius 2 is 2.14 bits per heavy atom. The van der Waals surface area contributed by atoms with Gasteiger partial charge in [-0.3, -0.25) is 9.69 Å². The van der Waals surface area contributed by atoms with Crippen LogP contribution in [0.4, 0.5) is 0 Å². The van der Waals surface area contributed by atoms with Crippen LogP contribution in [-0.2, 0) is 4.79 Å². The van der Waals surface area contributed by atoms with E-state index in [1.165, 1.54) is 11.1 Å². The van der Waals surface area contributed by atoms with Crippen LogP contribution >= 0.6 is 0 Å². The van der Waals surface area contributed by atoms with E-state index in [1.807, 2.05) is 24.3 Å². The third-order valence-corrected chi connectivity index (χ3v) is 4.46. The first kappa shape index (κ1) is 14.9. The largest absolute Gasteiger partial charge is 0.481 e. The molecule has 0 spiro atoms. The second-order valence-electron chi connectivity index (χ2n) is 5.95. The van der Waals surface area contributed by atoms with Crippen molar-refractivity contribution in [3.63, 3.8) is 0 Å². The van der Waals surface area contributed by atoms with Crippen molar-refractivity contribution in [1.29, 1.82) is 0 Å². The molecule has 3 rings (SSSR count). The summed E-state index contributed by atoms with van der Waals surface area (Å²) in [6.45, 7) is 3.54. The Labute approximate surface area is 130 Å². The molecule has 1 saturated heterocycles. The summed E-state index contributed by atoms with van der Waals surface area (Å²) in [5, 5.41) is 9.34. The van der Waals surface area contributed by atoms with Gasteiger partial charge in [0.2, 0.25) is 0 Å². The summed E-state index contributed by atoms with van der Waals surface area (Å²) in [7, 11) is 0. The molecule has 1 aliphatic rings. The fourth-order valence-corrected chi connectivity index (χ4v) is 3.31. The number of piperidine rings is 1. The zero-order valence-corrected chi connectivity index (χ0v) is 12.7. The maximum atomic E-state index is 11.4. The van der Waals surface area contributed by atoms with E-state index in [0.29, 0.717) is 6.54 Å². The van der Waals surface area contributed by atoms with E-state index in [4.69, 9.17) is 4.42 Å². The molecular weight excluding hydrogens is 278 g/mol. The van der Waals surface area contributed by atoms with Crippen LogP contribution in [0.25, 0.3) is 0 Å². The molecule has 116 valence electrons. The van der Waals surface area contributed by atoms with E-state index in [-0.39, 0.29) is 12.0 Å².